The van der Waals surface area contributed by atoms with Gasteiger partial charge in [0.05, 0.1) is 82.9 Å². The van der Waals surface area contributed by atoms with E-state index < -0.39 is 159 Å². The lowest BCUT2D eigenvalue weighted by atomic mass is 9.73. The number of ether oxygens (including phenoxy) is 2. The first-order valence-electron chi connectivity index (χ1n) is 33.4. The molecule has 15 atom stereocenters. The number of hydrogen-bond donors (Lipinski definition) is 10. The van der Waals surface area contributed by atoms with Gasteiger partial charge in [-0.15, -0.1) is 0 Å². The van der Waals surface area contributed by atoms with Gasteiger partial charge in [-0.2, -0.15) is 0 Å². The van der Waals surface area contributed by atoms with Gasteiger partial charge in [0, 0.05) is 43.8 Å². The number of rotatable bonds is 18. The van der Waals surface area contributed by atoms with Crippen molar-refractivity contribution in [1.29, 1.82) is 0 Å². The summed E-state index contributed by atoms with van der Waals surface area (Å²) in [6, 6.07) is 24.8. The number of phenolic OH excluding ortho intramolecular Hbond substituents is 1. The standard InChI is InChI=1S/C72H92BN7O17/c1-10-11-12-33-94-53-30-26-48(27-31-53)46-18-16-45(17-19-46)47-20-22-50(23-21-47)66(88)74-55-37-58(86)70(95-34-32-80(7,8)9)77-69(91)62-63(87)42(4)38-79(62)72(93)61(44(6)82)75-67(89)54(36-57(85)56-35-52(84)39-78(56)71(92)60(43(5)81)76-68(55)90)65-64(49-24-28-51(83)29-25-49)96-73(97-65)59-40(2)14-13-15-41(59)3/h13-31,42-44,52,54-56,58,60-65,70,81-82,84,86-87H,10-12,32-39H2,1-9H3,(H4-,74,75,76,77,83,88,89,90,91)/p+1/t42-,43+,44+,52+,54-,55-,56-,58+,60-,61-,62-,63-,64-,65-,70+/m0/s1. The van der Waals surface area contributed by atoms with Crippen molar-refractivity contribution in [2.45, 2.75) is 159 Å². The maximum atomic E-state index is 15.5. The molecule has 0 aromatic heterocycles. The van der Waals surface area contributed by atoms with Crippen molar-refractivity contribution in [2.75, 3.05) is 54.0 Å². The van der Waals surface area contributed by atoms with E-state index in [1.54, 1.807) is 31.2 Å². The molecular weight excluding hydrogens is 1250 g/mol. The molecule has 5 aromatic carbocycles. The quantitative estimate of drug-likeness (QED) is 0.0342. The van der Waals surface area contributed by atoms with Crippen molar-refractivity contribution in [3.8, 4) is 33.8 Å². The smallest absolute Gasteiger partial charge is 0.495 e. The number of benzene rings is 5. The summed E-state index contributed by atoms with van der Waals surface area (Å²) in [5, 5.41) is 79.5. The number of nitrogens with one attached hydrogen (secondary N) is 4. The van der Waals surface area contributed by atoms with Crippen LogP contribution in [0.25, 0.3) is 22.3 Å². The lowest BCUT2D eigenvalue weighted by Crippen LogP contribution is -2.61. The Morgan fingerprint density at radius 3 is 1.85 bits per heavy atom. The van der Waals surface area contributed by atoms with Crippen LogP contribution in [0.2, 0.25) is 0 Å². The van der Waals surface area contributed by atoms with Crippen molar-refractivity contribution < 1.29 is 87.5 Å². The van der Waals surface area contributed by atoms with Gasteiger partial charge in [0.15, 0.2) is 12.0 Å². The van der Waals surface area contributed by atoms with E-state index in [1.807, 2.05) is 102 Å². The molecule has 24 nitrogen and oxygen atoms in total. The number of carbonyl (C=O) groups is 7. The van der Waals surface area contributed by atoms with Crippen LogP contribution in [-0.4, -0.2) is 220 Å². The lowest BCUT2D eigenvalue weighted by molar-refractivity contribution is -0.870. The number of fused-ring (bicyclic) bond motifs is 2. The van der Waals surface area contributed by atoms with Crippen LogP contribution in [0.4, 0.5) is 0 Å². The Hall–Kier alpha value is -8.11. The summed E-state index contributed by atoms with van der Waals surface area (Å²) in [5.74, 6) is -8.62. The van der Waals surface area contributed by atoms with Gasteiger partial charge >= 0.3 is 7.12 Å². The zero-order chi connectivity index (χ0) is 70.2. The van der Waals surface area contributed by atoms with E-state index in [9.17, 15) is 40.2 Å². The van der Waals surface area contributed by atoms with Gasteiger partial charge < -0.3 is 85.0 Å². The molecular formula is C72H93BN7O17+. The van der Waals surface area contributed by atoms with Crippen LogP contribution in [0.15, 0.2) is 115 Å². The number of nitrogens with zero attached hydrogens (tertiary/aromatic N) is 3. The Labute approximate surface area is 566 Å². The summed E-state index contributed by atoms with van der Waals surface area (Å²) >= 11 is 0. The van der Waals surface area contributed by atoms with Crippen molar-refractivity contribution in [2.24, 2.45) is 11.8 Å². The number of aryl methyl sites for hydroxylation is 2. The number of aromatic hydroxyl groups is 1. The maximum absolute atomic E-state index is 15.5. The van der Waals surface area contributed by atoms with E-state index in [1.165, 1.54) is 38.1 Å². The van der Waals surface area contributed by atoms with Gasteiger partial charge in [-0.05, 0) is 104 Å². The molecule has 4 aliphatic heterocycles. The number of hydrogen-bond acceptors (Lipinski definition) is 17. The van der Waals surface area contributed by atoms with Crippen molar-refractivity contribution >= 4 is 53.8 Å². The molecule has 0 unspecified atom stereocenters. The van der Waals surface area contributed by atoms with E-state index in [0.29, 0.717) is 28.7 Å². The number of phenols is 1. The number of carbonyl (C=O) groups excluding carboxylic acids is 7. The topological polar surface area (TPSA) is 332 Å². The molecule has 25 heteroatoms. The van der Waals surface area contributed by atoms with Crippen LogP contribution < -0.4 is 31.5 Å². The highest BCUT2D eigenvalue weighted by Gasteiger charge is 2.53. The SMILES string of the molecule is CCCCCOc1ccc(-c2ccc(-c3ccc(C(=O)N[C@H]4C[C@@H](O)[C@@H](OCC[N+](C)(C)C)NC(=O)[C@@H]5[C@@H](O)[C@@H](C)CN5C(=O)[C@H]([C@@H](C)O)NC(=O)[C@H]([C@@H]5OB(c6c(C)cccc6C)O[C@H]5c5ccc(O)cc5)CC(=O)[C@@H]5C[C@@H](O)CN5C(=O)[C@H]([C@@H](C)O)NC4=O)cc3)cc2)cc1. The summed E-state index contributed by atoms with van der Waals surface area (Å²) in [5.41, 5.74) is 6.14. The molecule has 0 radical (unpaired) electrons. The predicted octanol–water partition coefficient (Wildman–Crippen LogP) is 2.97. The normalized spacial score (nSPS) is 27.1. The molecule has 520 valence electrons. The summed E-state index contributed by atoms with van der Waals surface area (Å²) < 4.78 is 25.9. The second kappa shape index (κ2) is 32.1. The minimum absolute atomic E-state index is 0.0716. The molecule has 0 saturated carbocycles. The first-order chi connectivity index (χ1) is 46.1. The summed E-state index contributed by atoms with van der Waals surface area (Å²) in [4.78, 5) is 108. The van der Waals surface area contributed by atoms with Crippen LogP contribution in [0.5, 0.6) is 11.5 Å². The third-order valence-corrected chi connectivity index (χ3v) is 18.7. The predicted molar refractivity (Wildman–Crippen MR) is 360 cm³/mol. The molecule has 0 spiro atoms. The minimum atomic E-state index is -1.90. The highest BCUT2D eigenvalue weighted by Crippen LogP contribution is 2.39. The second-order valence-electron chi connectivity index (χ2n) is 27.3. The molecule has 10 N–H and O–H groups in total. The maximum Gasteiger partial charge on any atom is 0.495 e. The van der Waals surface area contributed by atoms with Gasteiger partial charge in [-0.25, -0.2) is 0 Å². The molecule has 4 heterocycles. The molecule has 9 rings (SSSR count). The molecule has 97 heavy (non-hydrogen) atoms. The lowest BCUT2D eigenvalue weighted by Gasteiger charge is -2.34. The van der Waals surface area contributed by atoms with Gasteiger partial charge in [0.25, 0.3) is 5.91 Å². The summed E-state index contributed by atoms with van der Waals surface area (Å²) in [6.45, 7) is 9.90. The monoisotopic (exact) mass is 1340 g/mol. The number of aliphatic hydroxyl groups is 5. The highest BCUT2D eigenvalue weighted by molar-refractivity contribution is 6.63. The molecule has 4 fully saturated rings. The van der Waals surface area contributed by atoms with Crippen molar-refractivity contribution in [1.82, 2.24) is 31.1 Å². The summed E-state index contributed by atoms with van der Waals surface area (Å²) in [7, 11) is 4.43. The fourth-order valence-electron chi connectivity index (χ4n) is 13.0. The van der Waals surface area contributed by atoms with Crippen molar-refractivity contribution in [3.63, 3.8) is 0 Å². The van der Waals surface area contributed by atoms with Crippen LogP contribution in [0.3, 0.4) is 0 Å². The Bertz CT molecular complexity index is 3550. The van der Waals surface area contributed by atoms with E-state index in [2.05, 4.69) is 28.2 Å². The third kappa shape index (κ3) is 17.8. The average Bonchev–Trinajstić information content (AvgIpc) is 1.69. The number of unbranched alkanes of at least 4 members (excludes halogenated alkanes) is 2. The number of aliphatic hydroxyl groups excluding tert-OH is 5. The molecule has 6 amide bonds. The zero-order valence-corrected chi connectivity index (χ0v) is 56.5. The second-order valence-corrected chi connectivity index (χ2v) is 27.3. The number of ketones is 1. The number of quaternary nitrogens is 1. The van der Waals surface area contributed by atoms with Gasteiger partial charge in [0.2, 0.25) is 29.5 Å². The van der Waals surface area contributed by atoms with E-state index in [-0.39, 0.29) is 30.9 Å². The Kier molecular flexibility index (Phi) is 24.2. The Morgan fingerprint density at radius 2 is 1.27 bits per heavy atom. The first-order valence-corrected chi connectivity index (χ1v) is 33.4. The Balaban J connectivity index is 1.07. The number of Topliss-reactive ketones (excluding diaryl/α,β-unsaturated/α-hetero) is 1. The van der Waals surface area contributed by atoms with Crippen LogP contribution in [-0.2, 0) is 42.8 Å². The number of likely N-dealkylation sites (N-methyl/N-ethyl adjacent to an activating group) is 1. The van der Waals surface area contributed by atoms with Crippen LogP contribution >= 0.6 is 0 Å². The number of amides is 6. The summed E-state index contributed by atoms with van der Waals surface area (Å²) in [6.07, 6.45) is -11.2. The molecule has 4 aliphatic rings. The fraction of sp³-hybridized carbons (Fsp3) is 0.486. The van der Waals surface area contributed by atoms with E-state index in [0.717, 1.165) is 68.2 Å². The first kappa shape index (κ1) is 73.1. The zero-order valence-electron chi connectivity index (χ0n) is 56.5. The van der Waals surface area contributed by atoms with Gasteiger partial charge in [-0.1, -0.05) is 117 Å². The molecule has 5 aromatic rings. The van der Waals surface area contributed by atoms with E-state index >= 15 is 24.0 Å². The highest BCUT2D eigenvalue weighted by atomic mass is 16.7. The molecule has 0 bridgehead atoms. The van der Waals surface area contributed by atoms with Crippen molar-refractivity contribution in [3.05, 3.63) is 138 Å². The average molecular weight is 1340 g/mol. The van der Waals surface area contributed by atoms with Crippen LogP contribution in [0, 0.1) is 25.7 Å². The largest absolute Gasteiger partial charge is 0.508 e. The van der Waals surface area contributed by atoms with E-state index in [4.69, 9.17) is 18.8 Å². The molecule has 4 saturated heterocycles. The minimum Gasteiger partial charge on any atom is -0.508 e. The fourth-order valence-corrected chi connectivity index (χ4v) is 13.0. The van der Waals surface area contributed by atoms with Crippen LogP contribution in [0.1, 0.15) is 99.4 Å². The van der Waals surface area contributed by atoms with Gasteiger partial charge in [-0.3, -0.25) is 33.6 Å². The molecule has 0 aliphatic carbocycles. The Morgan fingerprint density at radius 1 is 0.701 bits per heavy atom. The third-order valence-electron chi connectivity index (χ3n) is 18.7. The van der Waals surface area contributed by atoms with Gasteiger partial charge in [0.1, 0.15) is 48.3 Å².